The van der Waals surface area contributed by atoms with Crippen LogP contribution in [0.25, 0.3) is 0 Å². The SMILES string of the molecule is C[C@@H]1C[C@H](Sc2ccccn2)C(=O)O1. The van der Waals surface area contributed by atoms with Gasteiger partial charge in [0.05, 0.1) is 5.03 Å². The molecule has 0 N–H and O–H groups in total. The third-order valence-electron chi connectivity index (χ3n) is 2.03. The van der Waals surface area contributed by atoms with Crippen molar-refractivity contribution in [1.29, 1.82) is 0 Å². The number of carbonyl (C=O) groups excluding carboxylic acids is 1. The number of rotatable bonds is 2. The highest BCUT2D eigenvalue weighted by atomic mass is 32.2. The number of esters is 1. The van der Waals surface area contributed by atoms with Crippen molar-refractivity contribution in [2.24, 2.45) is 0 Å². The summed E-state index contributed by atoms with van der Waals surface area (Å²) in [5.74, 6) is -0.117. The zero-order chi connectivity index (χ0) is 9.97. The highest BCUT2D eigenvalue weighted by Gasteiger charge is 2.32. The Kier molecular flexibility index (Phi) is 2.72. The molecule has 2 heterocycles. The summed E-state index contributed by atoms with van der Waals surface area (Å²) < 4.78 is 5.06. The van der Waals surface area contributed by atoms with Crippen LogP contribution in [0.15, 0.2) is 29.4 Å². The molecule has 3 nitrogen and oxygen atoms in total. The topological polar surface area (TPSA) is 39.2 Å². The first kappa shape index (κ1) is 9.52. The van der Waals surface area contributed by atoms with E-state index in [0.717, 1.165) is 11.4 Å². The van der Waals surface area contributed by atoms with Gasteiger partial charge in [0.15, 0.2) is 0 Å². The van der Waals surface area contributed by atoms with Gasteiger partial charge in [0.1, 0.15) is 11.4 Å². The lowest BCUT2D eigenvalue weighted by Crippen LogP contribution is -2.09. The lowest BCUT2D eigenvalue weighted by atomic mass is 10.3. The molecule has 0 aromatic carbocycles. The molecule has 0 radical (unpaired) electrons. The molecule has 0 spiro atoms. The lowest BCUT2D eigenvalue weighted by molar-refractivity contribution is -0.140. The van der Waals surface area contributed by atoms with Crippen molar-refractivity contribution in [2.75, 3.05) is 0 Å². The summed E-state index contributed by atoms with van der Waals surface area (Å²) in [7, 11) is 0. The quantitative estimate of drug-likeness (QED) is 0.697. The maximum absolute atomic E-state index is 11.3. The van der Waals surface area contributed by atoms with E-state index < -0.39 is 0 Å². The number of carbonyl (C=O) groups is 1. The van der Waals surface area contributed by atoms with Crippen molar-refractivity contribution in [3.05, 3.63) is 24.4 Å². The number of cyclic esters (lactones) is 1. The zero-order valence-corrected chi connectivity index (χ0v) is 8.66. The number of hydrogen-bond donors (Lipinski definition) is 0. The summed E-state index contributed by atoms with van der Waals surface area (Å²) in [6.45, 7) is 1.91. The van der Waals surface area contributed by atoms with Crippen molar-refractivity contribution in [3.63, 3.8) is 0 Å². The third kappa shape index (κ3) is 2.07. The summed E-state index contributed by atoms with van der Waals surface area (Å²) in [5.41, 5.74) is 0. The average Bonchev–Trinajstić information content (AvgIpc) is 2.47. The third-order valence-corrected chi connectivity index (χ3v) is 3.18. The molecule has 74 valence electrons. The van der Waals surface area contributed by atoms with Gasteiger partial charge in [0.2, 0.25) is 0 Å². The molecule has 1 aliphatic rings. The summed E-state index contributed by atoms with van der Waals surface area (Å²) in [6.07, 6.45) is 2.55. The van der Waals surface area contributed by atoms with Crippen LogP contribution in [-0.2, 0) is 9.53 Å². The number of pyridine rings is 1. The van der Waals surface area contributed by atoms with Gasteiger partial charge in [-0.05, 0) is 19.1 Å². The van der Waals surface area contributed by atoms with Crippen molar-refractivity contribution in [1.82, 2.24) is 4.98 Å². The Labute approximate surface area is 86.9 Å². The monoisotopic (exact) mass is 209 g/mol. The largest absolute Gasteiger partial charge is 0.462 e. The molecule has 1 aromatic heterocycles. The van der Waals surface area contributed by atoms with Crippen LogP contribution in [0.3, 0.4) is 0 Å². The Morgan fingerprint density at radius 2 is 2.43 bits per heavy atom. The van der Waals surface area contributed by atoms with E-state index in [9.17, 15) is 4.79 Å². The van der Waals surface area contributed by atoms with Gasteiger partial charge < -0.3 is 4.74 Å². The van der Waals surface area contributed by atoms with Gasteiger partial charge in [-0.25, -0.2) is 4.98 Å². The Morgan fingerprint density at radius 1 is 1.57 bits per heavy atom. The number of ether oxygens (including phenoxy) is 1. The Bertz CT molecular complexity index is 328. The molecule has 2 rings (SSSR count). The standard InChI is InChI=1S/C10H11NO2S/c1-7-6-8(10(12)13-7)14-9-4-2-3-5-11-9/h2-5,7-8H,6H2,1H3/t7-,8+/m1/s1. The van der Waals surface area contributed by atoms with Crippen molar-refractivity contribution in [3.8, 4) is 0 Å². The normalized spacial score (nSPS) is 26.2. The molecule has 0 saturated carbocycles. The van der Waals surface area contributed by atoms with E-state index in [4.69, 9.17) is 4.74 Å². The Hall–Kier alpha value is -1.03. The second-order valence-corrected chi connectivity index (χ2v) is 4.48. The average molecular weight is 209 g/mol. The van der Waals surface area contributed by atoms with Crippen LogP contribution >= 0.6 is 11.8 Å². The molecule has 1 aliphatic heterocycles. The fraction of sp³-hybridized carbons (Fsp3) is 0.400. The van der Waals surface area contributed by atoms with Gasteiger partial charge in [0.25, 0.3) is 0 Å². The molecule has 0 unspecified atom stereocenters. The van der Waals surface area contributed by atoms with Crippen LogP contribution in [0, 0.1) is 0 Å². The molecule has 14 heavy (non-hydrogen) atoms. The molecule has 0 aliphatic carbocycles. The molecule has 1 saturated heterocycles. The van der Waals surface area contributed by atoms with E-state index in [2.05, 4.69) is 4.98 Å². The van der Waals surface area contributed by atoms with Gasteiger partial charge in [-0.15, -0.1) is 0 Å². The highest BCUT2D eigenvalue weighted by molar-refractivity contribution is 8.00. The molecule has 1 fully saturated rings. The van der Waals surface area contributed by atoms with Crippen LogP contribution in [0.5, 0.6) is 0 Å². The van der Waals surface area contributed by atoms with Crippen molar-refractivity contribution in [2.45, 2.75) is 29.7 Å². The summed E-state index contributed by atoms with van der Waals surface area (Å²) in [5, 5.41) is 0.795. The van der Waals surface area contributed by atoms with Gasteiger partial charge in [-0.2, -0.15) is 0 Å². The molecule has 0 amide bonds. The molecule has 1 aromatic rings. The lowest BCUT2D eigenvalue weighted by Gasteiger charge is -2.02. The maximum atomic E-state index is 11.3. The molecule has 2 atom stereocenters. The predicted molar refractivity (Wildman–Crippen MR) is 54.1 cm³/mol. The number of thioether (sulfide) groups is 1. The molecule has 4 heteroatoms. The number of aromatic nitrogens is 1. The first-order chi connectivity index (χ1) is 6.75. The van der Waals surface area contributed by atoms with Crippen LogP contribution in [-0.4, -0.2) is 22.3 Å². The fourth-order valence-electron chi connectivity index (χ4n) is 1.38. The molecular weight excluding hydrogens is 198 g/mol. The number of hydrogen-bond acceptors (Lipinski definition) is 4. The van der Waals surface area contributed by atoms with E-state index in [1.165, 1.54) is 11.8 Å². The van der Waals surface area contributed by atoms with E-state index in [1.54, 1.807) is 6.20 Å². The van der Waals surface area contributed by atoms with Crippen LogP contribution in [0.1, 0.15) is 13.3 Å². The second kappa shape index (κ2) is 4.00. The minimum absolute atomic E-state index is 0.0451. The fourth-order valence-corrected chi connectivity index (χ4v) is 2.47. The number of nitrogens with zero attached hydrogens (tertiary/aromatic N) is 1. The first-order valence-corrected chi connectivity index (χ1v) is 5.42. The Morgan fingerprint density at radius 3 is 3.00 bits per heavy atom. The summed E-state index contributed by atoms with van der Waals surface area (Å²) in [6, 6.07) is 5.68. The minimum atomic E-state index is -0.117. The minimum Gasteiger partial charge on any atom is -0.462 e. The van der Waals surface area contributed by atoms with Crippen molar-refractivity contribution < 1.29 is 9.53 Å². The predicted octanol–water partition coefficient (Wildman–Crippen LogP) is 1.88. The van der Waals surface area contributed by atoms with E-state index in [-0.39, 0.29) is 17.3 Å². The smallest absolute Gasteiger partial charge is 0.319 e. The summed E-state index contributed by atoms with van der Waals surface area (Å²) >= 11 is 1.48. The summed E-state index contributed by atoms with van der Waals surface area (Å²) in [4.78, 5) is 15.5. The van der Waals surface area contributed by atoms with Gasteiger partial charge in [-0.1, -0.05) is 17.8 Å². The molecular formula is C10H11NO2S. The zero-order valence-electron chi connectivity index (χ0n) is 7.84. The van der Waals surface area contributed by atoms with Gasteiger partial charge in [-0.3, -0.25) is 4.79 Å². The second-order valence-electron chi connectivity index (χ2n) is 3.26. The highest BCUT2D eigenvalue weighted by Crippen LogP contribution is 2.30. The van der Waals surface area contributed by atoms with Crippen LogP contribution in [0.4, 0.5) is 0 Å². The van der Waals surface area contributed by atoms with Crippen molar-refractivity contribution >= 4 is 17.7 Å². The van der Waals surface area contributed by atoms with E-state index in [0.29, 0.717) is 0 Å². The van der Waals surface area contributed by atoms with E-state index >= 15 is 0 Å². The van der Waals surface area contributed by atoms with Crippen LogP contribution in [0.2, 0.25) is 0 Å². The van der Waals surface area contributed by atoms with Gasteiger partial charge >= 0.3 is 5.97 Å². The van der Waals surface area contributed by atoms with Crippen LogP contribution < -0.4 is 0 Å². The molecule has 0 bridgehead atoms. The first-order valence-electron chi connectivity index (χ1n) is 4.54. The maximum Gasteiger partial charge on any atom is 0.319 e. The van der Waals surface area contributed by atoms with Gasteiger partial charge in [0, 0.05) is 12.6 Å². The van der Waals surface area contributed by atoms with E-state index in [1.807, 2.05) is 25.1 Å². The Balaban J connectivity index is 2.02.